The minimum atomic E-state index is -0.919. The lowest BCUT2D eigenvalue weighted by molar-refractivity contribution is -0.153. The lowest BCUT2D eigenvalue weighted by Crippen LogP contribution is -2.50. The van der Waals surface area contributed by atoms with Crippen LogP contribution in [0.15, 0.2) is 47.2 Å². The monoisotopic (exact) mass is 621 g/mol. The Morgan fingerprint density at radius 1 is 1.12 bits per heavy atom. The molecule has 1 fully saturated rings. The van der Waals surface area contributed by atoms with Gasteiger partial charge < -0.3 is 24.2 Å². The van der Waals surface area contributed by atoms with E-state index in [1.165, 1.54) is 0 Å². The standard InChI is InChI=1S/C30H32BrN5O5/c1-34-17-32-33-26(34)16-41-25-11-10-23(31)22-12-13-36(29(38)20-8-4-5-9-21(20)30(39)40)24(27(22)25)15-35-14-18-6-2-3-7-19(18)28(35)37/h2-3,6-7,10-11,17,20-21,24H,4-5,8-9,12-16H2,1H3,(H,39,40)/t20?,21-,24-/m1/s1. The number of carbonyl (C=O) groups excluding carboxylic acids is 2. The number of ether oxygens (including phenoxy) is 1. The number of halogens is 1. The third kappa shape index (κ3) is 5.11. The summed E-state index contributed by atoms with van der Waals surface area (Å²) in [4.78, 5) is 43.4. The summed E-state index contributed by atoms with van der Waals surface area (Å²) in [6, 6.07) is 10.9. The van der Waals surface area contributed by atoms with E-state index in [-0.39, 0.29) is 25.0 Å². The van der Waals surface area contributed by atoms with Crippen LogP contribution in [0.4, 0.5) is 0 Å². The zero-order valence-corrected chi connectivity index (χ0v) is 24.4. The molecule has 2 aromatic carbocycles. The number of nitrogens with zero attached hydrogens (tertiary/aromatic N) is 5. The average Bonchev–Trinajstić information content (AvgIpc) is 3.54. The first-order valence-electron chi connectivity index (χ1n) is 14.0. The number of amides is 2. The Balaban J connectivity index is 1.39. The third-order valence-corrected chi connectivity index (χ3v) is 9.45. The average molecular weight is 623 g/mol. The van der Waals surface area contributed by atoms with Crippen molar-refractivity contribution < 1.29 is 24.2 Å². The molecule has 11 heteroatoms. The molecule has 1 aliphatic carbocycles. The number of benzene rings is 2. The molecule has 0 radical (unpaired) electrons. The Hall–Kier alpha value is -3.73. The molecule has 214 valence electrons. The van der Waals surface area contributed by atoms with Gasteiger partial charge in [0.1, 0.15) is 18.7 Å². The molecule has 1 unspecified atom stereocenters. The maximum absolute atomic E-state index is 14.2. The van der Waals surface area contributed by atoms with Crippen LogP contribution in [0, 0.1) is 11.8 Å². The van der Waals surface area contributed by atoms with Gasteiger partial charge in [0.2, 0.25) is 5.91 Å². The summed E-state index contributed by atoms with van der Waals surface area (Å²) in [5, 5.41) is 18.0. The summed E-state index contributed by atoms with van der Waals surface area (Å²) in [6.07, 6.45) is 4.87. The smallest absolute Gasteiger partial charge is 0.307 e. The third-order valence-electron chi connectivity index (χ3n) is 8.71. The fraction of sp³-hybridized carbons (Fsp3) is 0.433. The minimum Gasteiger partial charge on any atom is -0.485 e. The van der Waals surface area contributed by atoms with Crippen LogP contribution < -0.4 is 4.74 Å². The van der Waals surface area contributed by atoms with Crippen molar-refractivity contribution in [3.8, 4) is 5.75 Å². The molecule has 3 atom stereocenters. The van der Waals surface area contributed by atoms with Gasteiger partial charge >= 0.3 is 5.97 Å². The number of aromatic nitrogens is 3. The van der Waals surface area contributed by atoms with Crippen molar-refractivity contribution in [2.24, 2.45) is 18.9 Å². The SMILES string of the molecule is Cn1cnnc1COc1ccc(Br)c2c1[C@@H](CN1Cc3ccccc3C1=O)N(C(=O)C1CCCC[C@H]1C(=O)O)CC2. The van der Waals surface area contributed by atoms with E-state index in [1.807, 2.05) is 48.3 Å². The highest BCUT2D eigenvalue weighted by Gasteiger charge is 2.44. The van der Waals surface area contributed by atoms with E-state index in [9.17, 15) is 19.5 Å². The molecule has 3 heterocycles. The van der Waals surface area contributed by atoms with E-state index >= 15 is 0 Å². The highest BCUT2D eigenvalue weighted by atomic mass is 79.9. The van der Waals surface area contributed by atoms with Gasteiger partial charge in [0.15, 0.2) is 5.82 Å². The lowest BCUT2D eigenvalue weighted by Gasteiger charge is -2.43. The van der Waals surface area contributed by atoms with E-state index in [0.29, 0.717) is 49.5 Å². The van der Waals surface area contributed by atoms with Gasteiger partial charge in [-0.3, -0.25) is 14.4 Å². The van der Waals surface area contributed by atoms with Crippen LogP contribution in [-0.4, -0.2) is 60.5 Å². The predicted molar refractivity (Wildman–Crippen MR) is 152 cm³/mol. The lowest BCUT2D eigenvalue weighted by atomic mass is 9.77. The molecular formula is C30H32BrN5O5. The Labute approximate surface area is 246 Å². The van der Waals surface area contributed by atoms with Gasteiger partial charge in [-0.05, 0) is 48.6 Å². The van der Waals surface area contributed by atoms with Crippen LogP contribution in [0.25, 0.3) is 0 Å². The number of hydrogen-bond donors (Lipinski definition) is 1. The van der Waals surface area contributed by atoms with Gasteiger partial charge in [0, 0.05) is 42.3 Å². The van der Waals surface area contributed by atoms with E-state index in [2.05, 4.69) is 26.1 Å². The number of carbonyl (C=O) groups is 3. The topological polar surface area (TPSA) is 118 Å². The largest absolute Gasteiger partial charge is 0.485 e. The second-order valence-electron chi connectivity index (χ2n) is 11.1. The Kier molecular flexibility index (Phi) is 7.54. The fourth-order valence-electron chi connectivity index (χ4n) is 6.55. The molecule has 3 aliphatic rings. The van der Waals surface area contributed by atoms with Crippen LogP contribution in [0.3, 0.4) is 0 Å². The maximum atomic E-state index is 14.2. The molecule has 0 saturated heterocycles. The van der Waals surface area contributed by atoms with E-state index < -0.39 is 23.8 Å². The molecular weight excluding hydrogens is 590 g/mol. The van der Waals surface area contributed by atoms with Crippen molar-refractivity contribution in [1.29, 1.82) is 0 Å². The van der Waals surface area contributed by atoms with Gasteiger partial charge in [-0.2, -0.15) is 0 Å². The number of carboxylic acids is 1. The second-order valence-corrected chi connectivity index (χ2v) is 11.9. The first-order chi connectivity index (χ1) is 19.8. The van der Waals surface area contributed by atoms with Gasteiger partial charge in [0.25, 0.3) is 5.91 Å². The van der Waals surface area contributed by atoms with E-state index in [1.54, 1.807) is 15.8 Å². The molecule has 2 aliphatic heterocycles. The first kappa shape index (κ1) is 27.4. The highest BCUT2D eigenvalue weighted by Crippen LogP contribution is 2.43. The molecule has 1 N–H and O–H groups in total. The van der Waals surface area contributed by atoms with Crippen molar-refractivity contribution in [1.82, 2.24) is 24.6 Å². The van der Waals surface area contributed by atoms with Gasteiger partial charge in [-0.1, -0.05) is 47.0 Å². The Bertz CT molecular complexity index is 1510. The molecule has 1 aromatic heterocycles. The van der Waals surface area contributed by atoms with Gasteiger partial charge in [-0.25, -0.2) is 0 Å². The Morgan fingerprint density at radius 3 is 2.63 bits per heavy atom. The summed E-state index contributed by atoms with van der Waals surface area (Å²) < 4.78 is 9.02. The number of fused-ring (bicyclic) bond motifs is 2. The molecule has 3 aromatic rings. The summed E-state index contributed by atoms with van der Waals surface area (Å²) in [7, 11) is 1.85. The summed E-state index contributed by atoms with van der Waals surface area (Å²) >= 11 is 3.71. The van der Waals surface area contributed by atoms with Crippen molar-refractivity contribution in [2.75, 3.05) is 13.1 Å². The number of hydrogen-bond acceptors (Lipinski definition) is 6. The van der Waals surface area contributed by atoms with Crippen LogP contribution >= 0.6 is 15.9 Å². The number of rotatable bonds is 7. The quantitative estimate of drug-likeness (QED) is 0.421. The fourth-order valence-corrected chi connectivity index (χ4v) is 7.09. The molecule has 0 spiro atoms. The summed E-state index contributed by atoms with van der Waals surface area (Å²) in [5.41, 5.74) is 3.50. The summed E-state index contributed by atoms with van der Waals surface area (Å²) in [5.74, 6) is -1.18. The number of aryl methyl sites for hydroxylation is 1. The highest BCUT2D eigenvalue weighted by molar-refractivity contribution is 9.10. The molecule has 41 heavy (non-hydrogen) atoms. The van der Waals surface area contributed by atoms with Crippen LogP contribution in [0.1, 0.15) is 64.6 Å². The summed E-state index contributed by atoms with van der Waals surface area (Å²) in [6.45, 7) is 1.34. The Morgan fingerprint density at radius 2 is 1.90 bits per heavy atom. The molecule has 2 amide bonds. The molecule has 0 bridgehead atoms. The molecule has 10 nitrogen and oxygen atoms in total. The van der Waals surface area contributed by atoms with Crippen LogP contribution in [-0.2, 0) is 36.2 Å². The van der Waals surface area contributed by atoms with E-state index in [4.69, 9.17) is 4.74 Å². The van der Waals surface area contributed by atoms with Crippen molar-refractivity contribution >= 4 is 33.7 Å². The maximum Gasteiger partial charge on any atom is 0.307 e. The number of aliphatic carboxylic acids is 1. The second kappa shape index (κ2) is 11.3. The molecule has 6 rings (SSSR count). The van der Waals surface area contributed by atoms with E-state index in [0.717, 1.165) is 34.0 Å². The van der Waals surface area contributed by atoms with Gasteiger partial charge in [0.05, 0.1) is 17.9 Å². The van der Waals surface area contributed by atoms with Crippen LogP contribution in [0.5, 0.6) is 5.75 Å². The van der Waals surface area contributed by atoms with Crippen molar-refractivity contribution in [3.63, 3.8) is 0 Å². The molecule has 1 saturated carbocycles. The van der Waals surface area contributed by atoms with Crippen molar-refractivity contribution in [3.05, 3.63) is 75.3 Å². The zero-order valence-electron chi connectivity index (χ0n) is 22.8. The predicted octanol–water partition coefficient (Wildman–Crippen LogP) is 4.13. The number of carboxylic acid groups (broad SMARTS) is 1. The van der Waals surface area contributed by atoms with Crippen molar-refractivity contribution in [2.45, 2.75) is 51.3 Å². The van der Waals surface area contributed by atoms with Crippen LogP contribution in [0.2, 0.25) is 0 Å². The zero-order chi connectivity index (χ0) is 28.7. The van der Waals surface area contributed by atoms with Gasteiger partial charge in [-0.15, -0.1) is 10.2 Å². The first-order valence-corrected chi connectivity index (χ1v) is 14.8. The minimum absolute atomic E-state index is 0.0715. The normalized spacial score (nSPS) is 21.9.